The number of nitrogens with zero attached hydrogens (tertiary/aromatic N) is 3. The van der Waals surface area contributed by atoms with Gasteiger partial charge in [0.15, 0.2) is 0 Å². The molecule has 1 aliphatic heterocycles. The van der Waals surface area contributed by atoms with Crippen LogP contribution in [0, 0.1) is 0 Å². The summed E-state index contributed by atoms with van der Waals surface area (Å²) in [7, 11) is 0. The lowest BCUT2D eigenvalue weighted by Gasteiger charge is -2.28. The van der Waals surface area contributed by atoms with E-state index < -0.39 is 11.7 Å². The van der Waals surface area contributed by atoms with Gasteiger partial charge in [0.2, 0.25) is 0 Å². The van der Waals surface area contributed by atoms with E-state index in [0.717, 1.165) is 54.5 Å². The molecule has 0 bridgehead atoms. The predicted octanol–water partition coefficient (Wildman–Crippen LogP) is 6.36. The van der Waals surface area contributed by atoms with Gasteiger partial charge in [-0.05, 0) is 37.1 Å². The normalized spacial score (nSPS) is 18.0. The molecule has 168 valence electrons. The van der Waals surface area contributed by atoms with Crippen molar-refractivity contribution in [3.8, 4) is 11.3 Å². The number of rotatable bonds is 4. The van der Waals surface area contributed by atoms with Crippen LogP contribution >= 0.6 is 0 Å². The van der Waals surface area contributed by atoms with Crippen LogP contribution in [-0.4, -0.2) is 21.4 Å². The van der Waals surface area contributed by atoms with Crippen molar-refractivity contribution in [2.45, 2.75) is 63.7 Å². The van der Waals surface area contributed by atoms with Gasteiger partial charge in [0, 0.05) is 48.4 Å². The number of aromatic nitrogens is 2. The van der Waals surface area contributed by atoms with Gasteiger partial charge in [0.1, 0.15) is 17.3 Å². The third kappa shape index (κ3) is 4.58. The van der Waals surface area contributed by atoms with E-state index in [2.05, 4.69) is 9.88 Å². The van der Waals surface area contributed by atoms with E-state index in [-0.39, 0.29) is 0 Å². The molecular formula is C25H26F3N3O. The number of hydrogen-bond donors (Lipinski definition) is 0. The Bertz CT molecular complexity index is 1090. The van der Waals surface area contributed by atoms with Crippen LogP contribution in [0.4, 0.5) is 13.2 Å². The molecule has 3 heterocycles. The molecule has 3 aromatic rings. The monoisotopic (exact) mass is 441 g/mol. The smallest absolute Gasteiger partial charge is 0.416 e. The first-order valence-corrected chi connectivity index (χ1v) is 11.3. The molecule has 0 atom stereocenters. The van der Waals surface area contributed by atoms with E-state index in [1.807, 2.05) is 12.3 Å². The molecule has 0 N–H and O–H groups in total. The number of fused-ring (bicyclic) bond motifs is 1. The Kier molecular flexibility index (Phi) is 5.76. The molecule has 0 saturated heterocycles. The summed E-state index contributed by atoms with van der Waals surface area (Å²) >= 11 is 0. The summed E-state index contributed by atoms with van der Waals surface area (Å²) < 4.78 is 44.9. The molecule has 4 nitrogen and oxygen atoms in total. The fraction of sp³-hybridized carbons (Fsp3) is 0.440. The molecule has 0 radical (unpaired) electrons. The molecule has 0 amide bonds. The average molecular weight is 441 g/mol. The predicted molar refractivity (Wildman–Crippen MR) is 115 cm³/mol. The topological polar surface area (TPSA) is 42.2 Å². The zero-order valence-corrected chi connectivity index (χ0v) is 17.9. The largest absolute Gasteiger partial charge is 0.460 e. The van der Waals surface area contributed by atoms with Gasteiger partial charge in [-0.3, -0.25) is 4.90 Å². The van der Waals surface area contributed by atoms with Gasteiger partial charge in [-0.1, -0.05) is 31.4 Å². The molecule has 5 rings (SSSR count). The van der Waals surface area contributed by atoms with Crippen molar-refractivity contribution in [1.29, 1.82) is 0 Å². The van der Waals surface area contributed by atoms with Crippen LogP contribution in [0.25, 0.3) is 11.3 Å². The Morgan fingerprint density at radius 2 is 1.91 bits per heavy atom. The van der Waals surface area contributed by atoms with Gasteiger partial charge in [-0.25, -0.2) is 9.97 Å². The third-order valence-corrected chi connectivity index (χ3v) is 6.52. The van der Waals surface area contributed by atoms with E-state index in [4.69, 9.17) is 9.40 Å². The minimum absolute atomic E-state index is 0.429. The van der Waals surface area contributed by atoms with Crippen LogP contribution < -0.4 is 0 Å². The highest BCUT2D eigenvalue weighted by atomic mass is 19.4. The van der Waals surface area contributed by atoms with Crippen LogP contribution in [0.15, 0.2) is 47.0 Å². The number of hydrogen-bond acceptors (Lipinski definition) is 4. The Morgan fingerprint density at radius 3 is 2.72 bits per heavy atom. The molecule has 0 spiro atoms. The van der Waals surface area contributed by atoms with E-state index in [1.54, 1.807) is 12.1 Å². The highest BCUT2D eigenvalue weighted by molar-refractivity contribution is 5.58. The second-order valence-corrected chi connectivity index (χ2v) is 8.84. The van der Waals surface area contributed by atoms with Gasteiger partial charge in [-0.15, -0.1) is 0 Å². The van der Waals surface area contributed by atoms with Crippen LogP contribution in [0.3, 0.4) is 0 Å². The highest BCUT2D eigenvalue weighted by Crippen LogP contribution is 2.34. The summed E-state index contributed by atoms with van der Waals surface area (Å²) in [6, 6.07) is 8.82. The molecule has 2 aliphatic rings. The maximum absolute atomic E-state index is 13.0. The zero-order chi connectivity index (χ0) is 22.1. The minimum atomic E-state index is -4.37. The standard InChI is InChI=1S/C25H26F3N3O/c26-25(27,28)20-8-4-7-18(13-20)23-10-9-21(32-23)16-31-12-11-22-19(15-31)14-29-24(30-22)17-5-2-1-3-6-17/h4,7-10,13-14,17H,1-3,5-6,11-12,15-16H2. The Labute approximate surface area is 185 Å². The lowest BCUT2D eigenvalue weighted by atomic mass is 9.88. The SMILES string of the molecule is FC(F)(F)c1cccc(-c2ccc(CN3CCc4nc(C5CCCCC5)ncc4C3)o2)c1. The highest BCUT2D eigenvalue weighted by Gasteiger charge is 2.30. The first-order valence-electron chi connectivity index (χ1n) is 11.3. The van der Waals surface area contributed by atoms with Crippen LogP contribution in [0.2, 0.25) is 0 Å². The molecular weight excluding hydrogens is 415 g/mol. The molecule has 2 aromatic heterocycles. The zero-order valence-electron chi connectivity index (χ0n) is 17.9. The van der Waals surface area contributed by atoms with Crippen molar-refractivity contribution in [1.82, 2.24) is 14.9 Å². The molecule has 0 unspecified atom stereocenters. The summed E-state index contributed by atoms with van der Waals surface area (Å²) in [5, 5.41) is 0. The van der Waals surface area contributed by atoms with Crippen LogP contribution in [0.1, 0.15) is 66.4 Å². The first kappa shape index (κ1) is 21.2. The van der Waals surface area contributed by atoms with Crippen molar-refractivity contribution in [3.05, 3.63) is 71.0 Å². The van der Waals surface area contributed by atoms with Gasteiger partial charge in [-0.2, -0.15) is 13.2 Å². The Balaban J connectivity index is 1.25. The Hall–Kier alpha value is -2.67. The second-order valence-electron chi connectivity index (χ2n) is 8.84. The van der Waals surface area contributed by atoms with Crippen molar-refractivity contribution in [2.75, 3.05) is 6.54 Å². The fourth-order valence-corrected chi connectivity index (χ4v) is 4.77. The minimum Gasteiger partial charge on any atom is -0.460 e. The van der Waals surface area contributed by atoms with Crippen LogP contribution in [0.5, 0.6) is 0 Å². The summed E-state index contributed by atoms with van der Waals surface area (Å²) in [5.41, 5.74) is 2.06. The average Bonchev–Trinajstić information content (AvgIpc) is 3.27. The molecule has 1 fully saturated rings. The molecule has 32 heavy (non-hydrogen) atoms. The number of furan rings is 1. The molecule has 7 heteroatoms. The van der Waals surface area contributed by atoms with E-state index in [1.165, 1.54) is 38.2 Å². The lowest BCUT2D eigenvalue weighted by Crippen LogP contribution is -2.31. The van der Waals surface area contributed by atoms with Crippen molar-refractivity contribution < 1.29 is 17.6 Å². The summed E-state index contributed by atoms with van der Waals surface area (Å²) in [4.78, 5) is 11.8. The van der Waals surface area contributed by atoms with Gasteiger partial charge >= 0.3 is 6.18 Å². The molecule has 1 aromatic carbocycles. The fourth-order valence-electron chi connectivity index (χ4n) is 4.77. The first-order chi connectivity index (χ1) is 15.5. The van der Waals surface area contributed by atoms with E-state index in [0.29, 0.717) is 23.8 Å². The number of benzene rings is 1. The lowest BCUT2D eigenvalue weighted by molar-refractivity contribution is -0.137. The van der Waals surface area contributed by atoms with Crippen molar-refractivity contribution >= 4 is 0 Å². The van der Waals surface area contributed by atoms with E-state index in [9.17, 15) is 13.2 Å². The quantitative estimate of drug-likeness (QED) is 0.472. The molecule has 1 aliphatic carbocycles. The van der Waals surface area contributed by atoms with Crippen molar-refractivity contribution in [2.24, 2.45) is 0 Å². The van der Waals surface area contributed by atoms with Crippen LogP contribution in [-0.2, 0) is 25.7 Å². The van der Waals surface area contributed by atoms with Crippen molar-refractivity contribution in [3.63, 3.8) is 0 Å². The number of alkyl halides is 3. The van der Waals surface area contributed by atoms with Gasteiger partial charge in [0.25, 0.3) is 0 Å². The maximum atomic E-state index is 13.0. The second kappa shape index (κ2) is 8.70. The van der Waals surface area contributed by atoms with Gasteiger partial charge < -0.3 is 4.42 Å². The third-order valence-electron chi connectivity index (χ3n) is 6.52. The summed E-state index contributed by atoms with van der Waals surface area (Å²) in [6.07, 6.45) is 4.72. The summed E-state index contributed by atoms with van der Waals surface area (Å²) in [6.45, 7) is 2.22. The molecule has 1 saturated carbocycles. The maximum Gasteiger partial charge on any atom is 0.416 e. The van der Waals surface area contributed by atoms with Gasteiger partial charge in [0.05, 0.1) is 12.1 Å². The Morgan fingerprint density at radius 1 is 1.06 bits per heavy atom. The van der Waals surface area contributed by atoms with E-state index >= 15 is 0 Å². The summed E-state index contributed by atoms with van der Waals surface area (Å²) in [5.74, 6) is 2.70. The number of halogens is 3.